The Morgan fingerprint density at radius 1 is 1.00 bits per heavy atom. The van der Waals surface area contributed by atoms with Crippen LogP contribution >= 0.6 is 11.6 Å². The summed E-state index contributed by atoms with van der Waals surface area (Å²) in [5.74, 6) is 0.805. The summed E-state index contributed by atoms with van der Waals surface area (Å²) in [6, 6.07) is 13.6. The highest BCUT2D eigenvalue weighted by molar-refractivity contribution is 6.36. The van der Waals surface area contributed by atoms with E-state index in [0.717, 1.165) is 64.3 Å². The molecule has 12 heteroatoms. The lowest BCUT2D eigenvalue weighted by molar-refractivity contribution is 0.0774. The second-order valence-electron chi connectivity index (χ2n) is 11.0. The Labute approximate surface area is 264 Å². The van der Waals surface area contributed by atoms with E-state index in [4.69, 9.17) is 26.1 Å². The summed E-state index contributed by atoms with van der Waals surface area (Å²) in [5.41, 5.74) is 5.07. The van der Waals surface area contributed by atoms with Crippen molar-refractivity contribution in [2.75, 3.05) is 25.6 Å². The maximum Gasteiger partial charge on any atom is 0.330 e. The van der Waals surface area contributed by atoms with E-state index in [-0.39, 0.29) is 0 Å². The number of rotatable bonds is 8. The van der Waals surface area contributed by atoms with Gasteiger partial charge in [0.15, 0.2) is 0 Å². The molecule has 0 unspecified atom stereocenters. The average molecular weight is 628 g/mol. The van der Waals surface area contributed by atoms with Gasteiger partial charge in [0.05, 0.1) is 29.5 Å². The van der Waals surface area contributed by atoms with E-state index in [1.54, 1.807) is 32.6 Å². The van der Waals surface area contributed by atoms with E-state index in [2.05, 4.69) is 20.6 Å². The van der Waals surface area contributed by atoms with Gasteiger partial charge in [-0.2, -0.15) is 0 Å². The van der Waals surface area contributed by atoms with Crippen LogP contribution in [-0.2, 0) is 25.4 Å². The zero-order valence-corrected chi connectivity index (χ0v) is 26.3. The molecule has 2 aromatic carbocycles. The molecule has 2 N–H and O–H groups in total. The monoisotopic (exact) mass is 627 g/mol. The molecule has 4 heterocycles. The number of ether oxygens (including phenoxy) is 2. The fraction of sp³-hybridized carbons (Fsp3) is 0.303. The number of aromatic nitrogens is 5. The van der Waals surface area contributed by atoms with Crippen molar-refractivity contribution < 1.29 is 9.47 Å². The first-order valence-electron chi connectivity index (χ1n) is 14.7. The van der Waals surface area contributed by atoms with Gasteiger partial charge in [0, 0.05) is 62.9 Å². The molecule has 0 radical (unpaired) electrons. The number of fused-ring (bicyclic) bond motifs is 1. The van der Waals surface area contributed by atoms with E-state index in [0.29, 0.717) is 45.9 Å². The molecule has 1 aliphatic heterocycles. The molecule has 0 atom stereocenters. The molecule has 1 saturated heterocycles. The zero-order chi connectivity index (χ0) is 31.7. The van der Waals surface area contributed by atoms with Crippen molar-refractivity contribution in [3.63, 3.8) is 0 Å². The van der Waals surface area contributed by atoms with E-state index < -0.39 is 11.2 Å². The maximum absolute atomic E-state index is 13.1. The summed E-state index contributed by atoms with van der Waals surface area (Å²) in [6.45, 7) is 4.04. The summed E-state index contributed by atoms with van der Waals surface area (Å²) >= 11 is 7.07. The van der Waals surface area contributed by atoms with Crippen molar-refractivity contribution in [1.29, 1.82) is 0 Å². The first kappa shape index (κ1) is 30.4. The number of hydrogen-bond donors (Lipinski definition) is 2. The van der Waals surface area contributed by atoms with Crippen molar-refractivity contribution in [2.45, 2.75) is 32.4 Å². The van der Waals surface area contributed by atoms with Crippen molar-refractivity contribution in [3.05, 3.63) is 92.0 Å². The van der Waals surface area contributed by atoms with E-state index in [1.807, 2.05) is 43.3 Å². The van der Waals surface area contributed by atoms with Crippen LogP contribution in [0.3, 0.4) is 0 Å². The highest BCUT2D eigenvalue weighted by Gasteiger charge is 2.19. The van der Waals surface area contributed by atoms with Crippen LogP contribution in [0.5, 0.6) is 5.88 Å². The SMILES string of the molecule is COc1nc(-c2cccc(-c3cccc(Nc4nccc5c4c(=O)n(C)c(=O)n5C)c3C)c2Cl)cnc1CNC1CCOCC1. The van der Waals surface area contributed by atoms with Crippen LogP contribution in [0.2, 0.25) is 5.02 Å². The van der Waals surface area contributed by atoms with Gasteiger partial charge < -0.3 is 20.1 Å². The third-order valence-corrected chi connectivity index (χ3v) is 8.73. The molecule has 232 valence electrons. The Morgan fingerprint density at radius 2 is 1.73 bits per heavy atom. The maximum atomic E-state index is 13.1. The lowest BCUT2D eigenvalue weighted by atomic mass is 9.96. The van der Waals surface area contributed by atoms with Gasteiger partial charge in [-0.1, -0.05) is 41.9 Å². The number of halogens is 1. The lowest BCUT2D eigenvalue weighted by Crippen LogP contribution is -2.37. The van der Waals surface area contributed by atoms with Crippen molar-refractivity contribution in [1.82, 2.24) is 29.4 Å². The Morgan fingerprint density at radius 3 is 2.51 bits per heavy atom. The second-order valence-corrected chi connectivity index (χ2v) is 11.4. The van der Waals surface area contributed by atoms with Gasteiger partial charge in [-0.3, -0.25) is 18.9 Å². The third-order valence-electron chi connectivity index (χ3n) is 8.32. The highest BCUT2D eigenvalue weighted by atomic mass is 35.5. The summed E-state index contributed by atoms with van der Waals surface area (Å²) in [4.78, 5) is 39.5. The predicted molar refractivity (Wildman–Crippen MR) is 175 cm³/mol. The standard InChI is InChI=1S/C33H34ClN7O4/c1-19-21(7-6-10-24(19)38-30-28-27(11-14-35-30)40(2)33(43)41(3)32(28)42)22-8-5-9-23(29(22)34)25-17-37-26(31(39-25)44-4)18-36-20-12-15-45-16-13-20/h5-11,14,17,20,36H,12-13,15-16,18H2,1-4H3,(H,35,38). The Kier molecular flexibility index (Phi) is 8.66. The number of benzene rings is 2. The molecule has 6 rings (SSSR count). The molecule has 5 aromatic rings. The van der Waals surface area contributed by atoms with E-state index in [1.165, 1.54) is 11.6 Å². The van der Waals surface area contributed by atoms with Gasteiger partial charge in [-0.15, -0.1) is 0 Å². The average Bonchev–Trinajstić information content (AvgIpc) is 3.07. The van der Waals surface area contributed by atoms with Crippen LogP contribution in [0, 0.1) is 6.92 Å². The normalized spacial score (nSPS) is 13.7. The quantitative estimate of drug-likeness (QED) is 0.251. The molecule has 3 aromatic heterocycles. The van der Waals surface area contributed by atoms with Gasteiger partial charge in [0.1, 0.15) is 16.9 Å². The Balaban J connectivity index is 1.33. The minimum atomic E-state index is -0.421. The summed E-state index contributed by atoms with van der Waals surface area (Å²) in [7, 11) is 4.68. The summed E-state index contributed by atoms with van der Waals surface area (Å²) < 4.78 is 13.6. The van der Waals surface area contributed by atoms with Crippen molar-refractivity contribution >= 4 is 34.0 Å². The number of nitrogens with zero attached hydrogens (tertiary/aromatic N) is 5. The molecule has 1 fully saturated rings. The topological polar surface area (TPSA) is 125 Å². The van der Waals surface area contributed by atoms with Gasteiger partial charge in [0.2, 0.25) is 5.88 Å². The van der Waals surface area contributed by atoms with Crippen LogP contribution in [-0.4, -0.2) is 50.5 Å². The Hall–Kier alpha value is -4.58. The van der Waals surface area contributed by atoms with Crippen molar-refractivity contribution in [3.8, 4) is 28.3 Å². The molecule has 0 aliphatic carbocycles. The van der Waals surface area contributed by atoms with Gasteiger partial charge in [0.25, 0.3) is 5.56 Å². The molecule has 0 bridgehead atoms. The summed E-state index contributed by atoms with van der Waals surface area (Å²) in [6.07, 6.45) is 5.22. The zero-order valence-electron chi connectivity index (χ0n) is 25.6. The first-order valence-corrected chi connectivity index (χ1v) is 15.1. The second kappa shape index (κ2) is 12.8. The van der Waals surface area contributed by atoms with Crippen molar-refractivity contribution in [2.24, 2.45) is 14.1 Å². The van der Waals surface area contributed by atoms with E-state index in [9.17, 15) is 9.59 Å². The molecule has 0 spiro atoms. The largest absolute Gasteiger partial charge is 0.480 e. The number of hydrogen-bond acceptors (Lipinski definition) is 9. The minimum Gasteiger partial charge on any atom is -0.480 e. The van der Waals surface area contributed by atoms with Crippen LogP contribution in [0.15, 0.2) is 64.4 Å². The number of pyridine rings is 1. The molecular weight excluding hydrogens is 594 g/mol. The van der Waals surface area contributed by atoms with Gasteiger partial charge in [-0.05, 0) is 43.0 Å². The number of nitrogens with one attached hydrogen (secondary N) is 2. The highest BCUT2D eigenvalue weighted by Crippen LogP contribution is 2.39. The summed E-state index contributed by atoms with van der Waals surface area (Å²) in [5, 5.41) is 7.71. The number of methoxy groups -OCH3 is 1. The molecule has 45 heavy (non-hydrogen) atoms. The molecular formula is C33H34ClN7O4. The molecule has 0 amide bonds. The minimum absolute atomic E-state index is 0.325. The van der Waals surface area contributed by atoms with Crippen LogP contribution in [0.25, 0.3) is 33.3 Å². The van der Waals surface area contributed by atoms with E-state index >= 15 is 0 Å². The molecule has 1 aliphatic rings. The van der Waals surface area contributed by atoms with Crippen LogP contribution in [0.1, 0.15) is 24.1 Å². The fourth-order valence-electron chi connectivity index (χ4n) is 5.70. The van der Waals surface area contributed by atoms with Crippen LogP contribution < -0.4 is 26.6 Å². The van der Waals surface area contributed by atoms with Gasteiger partial charge >= 0.3 is 5.69 Å². The fourth-order valence-corrected chi connectivity index (χ4v) is 6.03. The predicted octanol–water partition coefficient (Wildman–Crippen LogP) is 4.74. The third kappa shape index (κ3) is 5.82. The molecule has 0 saturated carbocycles. The smallest absolute Gasteiger partial charge is 0.330 e. The van der Waals surface area contributed by atoms with Crippen LogP contribution in [0.4, 0.5) is 11.5 Å². The lowest BCUT2D eigenvalue weighted by Gasteiger charge is -2.23. The number of anilines is 2. The van der Waals surface area contributed by atoms with Gasteiger partial charge in [-0.25, -0.2) is 14.8 Å². The Bertz CT molecular complexity index is 2020. The number of aryl methyl sites for hydroxylation is 1. The first-order chi connectivity index (χ1) is 21.8. The molecule has 11 nitrogen and oxygen atoms in total.